The van der Waals surface area contributed by atoms with E-state index in [4.69, 9.17) is 19.2 Å². The van der Waals surface area contributed by atoms with Gasteiger partial charge in [-0.05, 0) is 30.9 Å². The number of pyridine rings is 2. The molecule has 3 N–H and O–H groups in total. The molecular formula is C26H21F2N3O8. The molecule has 1 amide bonds. The second-order valence-electron chi connectivity index (χ2n) is 10.0. The first kappa shape index (κ1) is 24.0. The summed E-state index contributed by atoms with van der Waals surface area (Å²) in [7, 11) is 0. The third kappa shape index (κ3) is 3.13. The smallest absolute Gasteiger partial charge is 0.458 e. The van der Waals surface area contributed by atoms with Crippen LogP contribution in [0.3, 0.4) is 0 Å². The number of rotatable bonds is 3. The molecule has 39 heavy (non-hydrogen) atoms. The molecule has 1 aliphatic carbocycles. The summed E-state index contributed by atoms with van der Waals surface area (Å²) in [5.41, 5.74) is 0.358. The van der Waals surface area contributed by atoms with E-state index in [1.54, 1.807) is 13.0 Å². The fourth-order valence-electron chi connectivity index (χ4n) is 6.21. The van der Waals surface area contributed by atoms with Crippen molar-refractivity contribution in [1.82, 2.24) is 14.9 Å². The number of nitrogens with one attached hydrogen (secondary N) is 1. The SMILES string of the molecule is CC[C@@]1(O)C(=O)OCc2c1cc1n(c2=O)Cc2c-1nc1cc3c(c4c1c2[C@@H](NC(=O)CO)CC4)OC(F)(F)O3. The molecule has 7 rings (SSSR count). The van der Waals surface area contributed by atoms with E-state index >= 15 is 0 Å². The number of carbonyl (C=O) groups excluding carboxylic acids is 2. The number of aryl methyl sites for hydroxylation is 1. The quantitative estimate of drug-likeness (QED) is 0.328. The normalized spacial score (nSPS) is 23.2. The zero-order valence-electron chi connectivity index (χ0n) is 20.5. The molecule has 2 atom stereocenters. The van der Waals surface area contributed by atoms with Gasteiger partial charge in [0, 0.05) is 28.1 Å². The van der Waals surface area contributed by atoms with E-state index in [1.165, 1.54) is 10.6 Å². The lowest BCUT2D eigenvalue weighted by molar-refractivity contribution is -0.286. The number of esters is 1. The molecule has 5 heterocycles. The maximum Gasteiger partial charge on any atom is 0.586 e. The molecule has 0 saturated heterocycles. The summed E-state index contributed by atoms with van der Waals surface area (Å²) >= 11 is 0. The fourth-order valence-corrected chi connectivity index (χ4v) is 6.21. The lowest BCUT2D eigenvalue weighted by Crippen LogP contribution is -2.44. The average Bonchev–Trinajstić information content (AvgIpc) is 3.43. The van der Waals surface area contributed by atoms with Gasteiger partial charge in [-0.1, -0.05) is 6.92 Å². The summed E-state index contributed by atoms with van der Waals surface area (Å²) in [6, 6.07) is 2.26. The number of hydrogen-bond acceptors (Lipinski definition) is 9. The molecule has 0 spiro atoms. The van der Waals surface area contributed by atoms with E-state index in [9.17, 15) is 33.4 Å². The highest BCUT2D eigenvalue weighted by atomic mass is 19.3. The zero-order valence-corrected chi connectivity index (χ0v) is 20.5. The van der Waals surface area contributed by atoms with Crippen molar-refractivity contribution < 1.29 is 42.8 Å². The third-order valence-electron chi connectivity index (χ3n) is 8.00. The number of aliphatic hydroxyl groups is 2. The Labute approximate surface area is 217 Å². The van der Waals surface area contributed by atoms with Gasteiger partial charge in [0.2, 0.25) is 5.91 Å². The van der Waals surface area contributed by atoms with Gasteiger partial charge >= 0.3 is 12.3 Å². The molecule has 2 aromatic heterocycles. The molecule has 4 aliphatic rings. The summed E-state index contributed by atoms with van der Waals surface area (Å²) in [5.74, 6) is -1.76. The van der Waals surface area contributed by atoms with Crippen molar-refractivity contribution in [2.75, 3.05) is 6.61 Å². The van der Waals surface area contributed by atoms with E-state index < -0.39 is 42.0 Å². The summed E-state index contributed by atoms with van der Waals surface area (Å²) in [6.45, 7) is 0.606. The number of ether oxygens (including phenoxy) is 3. The molecule has 0 bridgehead atoms. The minimum Gasteiger partial charge on any atom is -0.458 e. The predicted octanol–water partition coefficient (Wildman–Crippen LogP) is 1.50. The topological polar surface area (TPSA) is 149 Å². The number of benzene rings is 1. The monoisotopic (exact) mass is 541 g/mol. The Kier molecular flexibility index (Phi) is 4.75. The van der Waals surface area contributed by atoms with Crippen LogP contribution in [0.25, 0.3) is 22.3 Å². The van der Waals surface area contributed by atoms with Crippen molar-refractivity contribution in [2.45, 2.75) is 57.3 Å². The molecule has 1 aromatic carbocycles. The van der Waals surface area contributed by atoms with Gasteiger partial charge in [-0.3, -0.25) is 9.59 Å². The van der Waals surface area contributed by atoms with Gasteiger partial charge in [0.25, 0.3) is 5.56 Å². The van der Waals surface area contributed by atoms with Gasteiger partial charge in [0.05, 0.1) is 35.1 Å². The highest BCUT2D eigenvalue weighted by Crippen LogP contribution is 2.52. The summed E-state index contributed by atoms with van der Waals surface area (Å²) in [6.07, 6.45) is -3.32. The minimum absolute atomic E-state index is 0.0265. The minimum atomic E-state index is -3.85. The Morgan fingerprint density at radius 2 is 2.03 bits per heavy atom. The van der Waals surface area contributed by atoms with Gasteiger partial charge in [0.1, 0.15) is 13.2 Å². The first-order chi connectivity index (χ1) is 18.6. The molecule has 3 aromatic rings. The van der Waals surface area contributed by atoms with Crippen LogP contribution in [0, 0.1) is 0 Å². The van der Waals surface area contributed by atoms with E-state index in [0.29, 0.717) is 39.9 Å². The average molecular weight is 541 g/mol. The molecular weight excluding hydrogens is 520 g/mol. The van der Waals surface area contributed by atoms with Crippen LogP contribution in [-0.2, 0) is 39.5 Å². The van der Waals surface area contributed by atoms with Crippen LogP contribution in [-0.4, -0.2) is 44.5 Å². The molecule has 202 valence electrons. The van der Waals surface area contributed by atoms with Crippen molar-refractivity contribution in [3.8, 4) is 22.9 Å². The molecule has 0 fully saturated rings. The van der Waals surface area contributed by atoms with Crippen LogP contribution in [0.15, 0.2) is 16.9 Å². The largest absolute Gasteiger partial charge is 0.586 e. The van der Waals surface area contributed by atoms with Crippen LogP contribution in [0.5, 0.6) is 11.5 Å². The van der Waals surface area contributed by atoms with Crippen molar-refractivity contribution >= 4 is 22.8 Å². The number of cyclic esters (lactones) is 1. The number of fused-ring (bicyclic) bond motifs is 7. The van der Waals surface area contributed by atoms with Gasteiger partial charge < -0.3 is 34.3 Å². The lowest BCUT2D eigenvalue weighted by Gasteiger charge is -2.31. The van der Waals surface area contributed by atoms with E-state index in [1.807, 2.05) is 0 Å². The standard InChI is InChI=1S/C26H21F2N3O8/c1-2-25(36)13-5-16-21-11(7-31(16)23(34)12(13)9-37-24(25)35)20-14(29-18(33)8-32)4-3-10-19(20)15(30-21)6-17-22(10)39-26(27,28)38-17/h5-6,14,32,36H,2-4,7-9H2,1H3,(H,29,33)/t14-,25-/m0/s1. The van der Waals surface area contributed by atoms with Crippen molar-refractivity contribution in [1.29, 1.82) is 0 Å². The van der Waals surface area contributed by atoms with Crippen molar-refractivity contribution in [2.24, 2.45) is 0 Å². The molecule has 13 heteroatoms. The number of halogens is 2. The molecule has 0 saturated carbocycles. The number of alkyl halides is 2. The number of amides is 1. The number of hydrogen-bond donors (Lipinski definition) is 3. The second kappa shape index (κ2) is 7.73. The zero-order chi connectivity index (χ0) is 27.4. The first-order valence-corrected chi connectivity index (χ1v) is 12.4. The molecule has 0 unspecified atom stereocenters. The fraction of sp³-hybridized carbons (Fsp3) is 0.385. The maximum atomic E-state index is 14.0. The highest BCUT2D eigenvalue weighted by molar-refractivity contribution is 5.96. The lowest BCUT2D eigenvalue weighted by atomic mass is 9.82. The van der Waals surface area contributed by atoms with Crippen molar-refractivity contribution in [3.63, 3.8) is 0 Å². The Bertz CT molecular complexity index is 1720. The third-order valence-corrected chi connectivity index (χ3v) is 8.00. The van der Waals surface area contributed by atoms with Crippen LogP contribution < -0.4 is 20.3 Å². The molecule has 3 aliphatic heterocycles. The van der Waals surface area contributed by atoms with Gasteiger partial charge in [0.15, 0.2) is 17.1 Å². The number of carbonyl (C=O) groups is 2. The first-order valence-electron chi connectivity index (χ1n) is 12.4. The molecule has 0 radical (unpaired) electrons. The van der Waals surface area contributed by atoms with Crippen LogP contribution in [0.2, 0.25) is 0 Å². The number of aliphatic hydroxyl groups excluding tert-OH is 1. The predicted molar refractivity (Wildman–Crippen MR) is 127 cm³/mol. The Hall–Kier alpha value is -4.10. The highest BCUT2D eigenvalue weighted by Gasteiger charge is 2.48. The van der Waals surface area contributed by atoms with E-state index in [-0.39, 0.29) is 54.1 Å². The Balaban J connectivity index is 1.52. The van der Waals surface area contributed by atoms with Gasteiger partial charge in [-0.25, -0.2) is 9.78 Å². The van der Waals surface area contributed by atoms with Crippen molar-refractivity contribution in [3.05, 3.63) is 50.3 Å². The van der Waals surface area contributed by atoms with Gasteiger partial charge in [-0.2, -0.15) is 0 Å². The number of nitrogens with zero attached hydrogens (tertiary/aromatic N) is 2. The Morgan fingerprint density at radius 3 is 2.77 bits per heavy atom. The summed E-state index contributed by atoms with van der Waals surface area (Å²) < 4.78 is 44.2. The van der Waals surface area contributed by atoms with Crippen LogP contribution in [0.1, 0.15) is 53.6 Å². The second-order valence-corrected chi connectivity index (χ2v) is 10.0. The molecule has 11 nitrogen and oxygen atoms in total. The number of aromatic nitrogens is 2. The maximum absolute atomic E-state index is 14.0. The van der Waals surface area contributed by atoms with Gasteiger partial charge in [-0.15, -0.1) is 8.78 Å². The summed E-state index contributed by atoms with van der Waals surface area (Å²) in [5, 5.41) is 23.8. The van der Waals surface area contributed by atoms with E-state index in [0.717, 1.165) is 0 Å². The van der Waals surface area contributed by atoms with E-state index in [2.05, 4.69) is 5.32 Å². The Morgan fingerprint density at radius 1 is 1.23 bits per heavy atom. The van der Waals surface area contributed by atoms with Crippen LogP contribution in [0.4, 0.5) is 8.78 Å². The summed E-state index contributed by atoms with van der Waals surface area (Å²) in [4.78, 5) is 43.0. The van der Waals surface area contributed by atoms with Crippen LogP contribution >= 0.6 is 0 Å².